The van der Waals surface area contributed by atoms with Crippen LogP contribution >= 0.6 is 0 Å². The van der Waals surface area contributed by atoms with Gasteiger partial charge in [-0.3, -0.25) is 14.7 Å². The van der Waals surface area contributed by atoms with E-state index in [1.807, 2.05) is 24.1 Å². The van der Waals surface area contributed by atoms with E-state index < -0.39 is 5.97 Å². The highest BCUT2D eigenvalue weighted by molar-refractivity contribution is 5.73. The largest absolute Gasteiger partial charge is 0.480 e. The molecule has 0 amide bonds. The Morgan fingerprint density at radius 1 is 1.61 bits per heavy atom. The summed E-state index contributed by atoms with van der Waals surface area (Å²) in [5.74, 6) is -0.718. The zero-order valence-corrected chi connectivity index (χ0v) is 11.0. The number of hydrogen-bond acceptors (Lipinski definition) is 3. The first kappa shape index (κ1) is 13.0. The van der Waals surface area contributed by atoms with Crippen molar-refractivity contribution in [2.45, 2.75) is 45.2 Å². The van der Waals surface area contributed by atoms with Gasteiger partial charge < -0.3 is 5.11 Å². The Morgan fingerprint density at radius 3 is 2.94 bits per heavy atom. The normalized spacial score (nSPS) is 22.0. The van der Waals surface area contributed by atoms with Gasteiger partial charge >= 0.3 is 5.97 Å². The van der Waals surface area contributed by atoms with E-state index in [1.165, 1.54) is 5.56 Å². The molecule has 0 aromatic carbocycles. The third-order valence-electron chi connectivity index (χ3n) is 3.76. The van der Waals surface area contributed by atoms with Crippen LogP contribution in [0.3, 0.4) is 0 Å². The molecule has 1 fully saturated rings. The van der Waals surface area contributed by atoms with Gasteiger partial charge in [0.15, 0.2) is 0 Å². The molecule has 1 aromatic rings. The van der Waals surface area contributed by atoms with Crippen LogP contribution in [0.4, 0.5) is 0 Å². The number of carboxylic acid groups (broad SMARTS) is 1. The number of carboxylic acids is 1. The number of aliphatic carboxylic acids is 1. The second kappa shape index (κ2) is 5.48. The number of nitrogens with zero attached hydrogens (tertiary/aromatic N) is 2. The van der Waals surface area contributed by atoms with Crippen LogP contribution in [-0.4, -0.2) is 33.5 Å². The van der Waals surface area contributed by atoms with Crippen LogP contribution in [0.1, 0.15) is 44.0 Å². The zero-order chi connectivity index (χ0) is 13.1. The van der Waals surface area contributed by atoms with Gasteiger partial charge in [0.25, 0.3) is 0 Å². The molecule has 0 spiro atoms. The second-order valence-corrected chi connectivity index (χ2v) is 4.85. The molecule has 2 rings (SSSR count). The van der Waals surface area contributed by atoms with Crippen molar-refractivity contribution in [1.29, 1.82) is 0 Å². The predicted octanol–water partition coefficient (Wildman–Crippen LogP) is 2.25. The Balaban J connectivity index is 2.14. The van der Waals surface area contributed by atoms with Gasteiger partial charge in [0.2, 0.25) is 0 Å². The first-order valence-corrected chi connectivity index (χ1v) is 6.57. The highest BCUT2D eigenvalue weighted by Gasteiger charge is 2.34. The van der Waals surface area contributed by atoms with Gasteiger partial charge in [-0.05, 0) is 44.4 Å². The quantitative estimate of drug-likeness (QED) is 0.888. The molecule has 1 saturated heterocycles. The van der Waals surface area contributed by atoms with Crippen LogP contribution < -0.4 is 0 Å². The molecule has 98 valence electrons. The molecule has 2 atom stereocenters. The van der Waals surface area contributed by atoms with Crippen molar-refractivity contribution in [3.05, 3.63) is 29.6 Å². The maximum absolute atomic E-state index is 11.2. The number of carbonyl (C=O) groups is 1. The van der Waals surface area contributed by atoms with Gasteiger partial charge in [0, 0.05) is 6.20 Å². The van der Waals surface area contributed by atoms with Gasteiger partial charge in [-0.25, -0.2) is 0 Å². The third-order valence-corrected chi connectivity index (χ3v) is 3.76. The number of likely N-dealkylation sites (tertiary alicyclic amines) is 1. The Kier molecular flexibility index (Phi) is 3.97. The first-order chi connectivity index (χ1) is 8.63. The lowest BCUT2D eigenvalue weighted by molar-refractivity contribution is -0.142. The highest BCUT2D eigenvalue weighted by Crippen LogP contribution is 2.28. The minimum absolute atomic E-state index is 0.0690. The van der Waals surface area contributed by atoms with Crippen LogP contribution in [0, 0.1) is 0 Å². The average Bonchev–Trinajstić information content (AvgIpc) is 2.87. The monoisotopic (exact) mass is 248 g/mol. The summed E-state index contributed by atoms with van der Waals surface area (Å²) in [6.45, 7) is 4.98. The molecule has 1 aliphatic heterocycles. The number of aryl methyl sites for hydroxylation is 1. The summed E-state index contributed by atoms with van der Waals surface area (Å²) in [7, 11) is 0. The number of aromatic nitrogens is 1. The fraction of sp³-hybridized carbons (Fsp3) is 0.571. The topological polar surface area (TPSA) is 53.4 Å². The van der Waals surface area contributed by atoms with Crippen molar-refractivity contribution in [1.82, 2.24) is 9.88 Å². The molecule has 0 bridgehead atoms. The molecule has 0 aliphatic carbocycles. The van der Waals surface area contributed by atoms with E-state index in [4.69, 9.17) is 0 Å². The summed E-state index contributed by atoms with van der Waals surface area (Å²) < 4.78 is 0. The molecule has 2 unspecified atom stereocenters. The van der Waals surface area contributed by atoms with Crippen molar-refractivity contribution in [3.8, 4) is 0 Å². The van der Waals surface area contributed by atoms with Gasteiger partial charge in [0.05, 0.1) is 11.7 Å². The number of hydrogen-bond donors (Lipinski definition) is 1. The molecule has 4 nitrogen and oxygen atoms in total. The lowest BCUT2D eigenvalue weighted by Gasteiger charge is -2.27. The fourth-order valence-electron chi connectivity index (χ4n) is 2.58. The summed E-state index contributed by atoms with van der Waals surface area (Å²) in [6, 6.07) is 3.80. The van der Waals surface area contributed by atoms with E-state index in [-0.39, 0.29) is 12.1 Å². The van der Waals surface area contributed by atoms with Crippen molar-refractivity contribution in [2.24, 2.45) is 0 Å². The second-order valence-electron chi connectivity index (χ2n) is 4.85. The van der Waals surface area contributed by atoms with Crippen LogP contribution in [0.5, 0.6) is 0 Å². The molecule has 1 aliphatic rings. The maximum atomic E-state index is 11.2. The van der Waals surface area contributed by atoms with Crippen molar-refractivity contribution in [2.75, 3.05) is 6.54 Å². The van der Waals surface area contributed by atoms with E-state index in [1.54, 1.807) is 0 Å². The summed E-state index contributed by atoms with van der Waals surface area (Å²) in [5, 5.41) is 9.20. The van der Waals surface area contributed by atoms with Gasteiger partial charge in [0.1, 0.15) is 6.04 Å². The Morgan fingerprint density at radius 2 is 2.39 bits per heavy atom. The lowest BCUT2D eigenvalue weighted by atomic mass is 10.1. The molecule has 18 heavy (non-hydrogen) atoms. The predicted molar refractivity (Wildman–Crippen MR) is 69.4 cm³/mol. The van der Waals surface area contributed by atoms with E-state index in [9.17, 15) is 9.90 Å². The molecule has 1 aromatic heterocycles. The molecular weight excluding hydrogens is 228 g/mol. The molecule has 2 heterocycles. The van der Waals surface area contributed by atoms with Crippen LogP contribution in [0.25, 0.3) is 0 Å². The number of rotatable bonds is 4. The van der Waals surface area contributed by atoms with Gasteiger partial charge in [-0.1, -0.05) is 13.0 Å². The SMILES string of the molecule is CCc1ccc(C(C)N2CCCC2C(=O)O)nc1. The zero-order valence-electron chi connectivity index (χ0n) is 11.0. The smallest absolute Gasteiger partial charge is 0.320 e. The summed E-state index contributed by atoms with van der Waals surface area (Å²) in [6.07, 6.45) is 4.56. The van der Waals surface area contributed by atoms with Crippen LogP contribution in [0.15, 0.2) is 18.3 Å². The molecule has 4 heteroatoms. The van der Waals surface area contributed by atoms with Crippen molar-refractivity contribution >= 4 is 5.97 Å². The highest BCUT2D eigenvalue weighted by atomic mass is 16.4. The van der Waals surface area contributed by atoms with Gasteiger partial charge in [-0.2, -0.15) is 0 Å². The van der Waals surface area contributed by atoms with E-state index >= 15 is 0 Å². The molecular formula is C14H20N2O2. The molecule has 1 N–H and O–H groups in total. The minimum Gasteiger partial charge on any atom is -0.480 e. The van der Waals surface area contributed by atoms with Crippen LogP contribution in [-0.2, 0) is 11.2 Å². The standard InChI is InChI=1S/C14H20N2O2/c1-3-11-6-7-12(15-9-11)10(2)16-8-4-5-13(16)14(17)18/h6-7,9-10,13H,3-5,8H2,1-2H3,(H,17,18). The van der Waals surface area contributed by atoms with Crippen molar-refractivity contribution < 1.29 is 9.90 Å². The summed E-state index contributed by atoms with van der Waals surface area (Å²) in [4.78, 5) is 17.7. The Labute approximate surface area is 108 Å². The van der Waals surface area contributed by atoms with E-state index in [2.05, 4.69) is 18.0 Å². The minimum atomic E-state index is -0.718. The van der Waals surface area contributed by atoms with E-state index in [0.717, 1.165) is 31.5 Å². The van der Waals surface area contributed by atoms with E-state index in [0.29, 0.717) is 0 Å². The Hall–Kier alpha value is -1.42. The van der Waals surface area contributed by atoms with Gasteiger partial charge in [-0.15, -0.1) is 0 Å². The van der Waals surface area contributed by atoms with Crippen LogP contribution in [0.2, 0.25) is 0 Å². The summed E-state index contributed by atoms with van der Waals surface area (Å²) >= 11 is 0. The number of pyridine rings is 1. The summed E-state index contributed by atoms with van der Waals surface area (Å²) in [5.41, 5.74) is 2.17. The van der Waals surface area contributed by atoms with Crippen molar-refractivity contribution in [3.63, 3.8) is 0 Å². The fourth-order valence-corrected chi connectivity index (χ4v) is 2.58. The third kappa shape index (κ3) is 2.53. The molecule has 0 saturated carbocycles. The molecule has 0 radical (unpaired) electrons. The lowest BCUT2D eigenvalue weighted by Crippen LogP contribution is -2.37. The Bertz CT molecular complexity index is 416. The average molecular weight is 248 g/mol. The maximum Gasteiger partial charge on any atom is 0.320 e. The first-order valence-electron chi connectivity index (χ1n) is 6.57.